The van der Waals surface area contributed by atoms with Crippen LogP contribution in [0.1, 0.15) is 5.56 Å². The third kappa shape index (κ3) is 4.26. The highest BCUT2D eigenvalue weighted by Crippen LogP contribution is 2.52. The van der Waals surface area contributed by atoms with Crippen LogP contribution in [0.25, 0.3) is 5.76 Å². The molecule has 0 unspecified atom stereocenters. The molecule has 0 radical (unpaired) electrons. The van der Waals surface area contributed by atoms with Crippen LogP contribution in [0, 0.1) is 0 Å². The number of hydrogen-bond acceptors (Lipinski definition) is 4. The third-order valence-corrected chi connectivity index (χ3v) is 7.12. The fraction of sp³-hybridized carbons (Fsp3) is 0.0455. The molecule has 0 aromatic heterocycles. The molecule has 0 spiro atoms. The molecule has 140 valence electrons. The maximum Gasteiger partial charge on any atom is 0.342 e. The van der Waals surface area contributed by atoms with E-state index < -0.39 is 4.08 Å². The topological polar surface area (TPSA) is 26.3 Å². The van der Waals surface area contributed by atoms with Gasteiger partial charge in [0.2, 0.25) is 0 Å². The second-order valence-electron chi connectivity index (χ2n) is 6.05. The maximum absolute atomic E-state index is 13.1. The number of hydrogen-bond donors (Lipinski definition) is 0. The van der Waals surface area contributed by atoms with Crippen molar-refractivity contribution in [3.63, 3.8) is 0 Å². The van der Waals surface area contributed by atoms with E-state index in [9.17, 15) is 4.79 Å². The summed E-state index contributed by atoms with van der Waals surface area (Å²) in [6.07, 6.45) is 1.88. The molecule has 1 aliphatic heterocycles. The molecule has 3 aromatic carbocycles. The molecule has 3 aromatic rings. The second-order valence-corrected chi connectivity index (χ2v) is 9.82. The average molecular weight is 445 g/mol. The molecular weight excluding hydrogens is 431 g/mol. The van der Waals surface area contributed by atoms with Gasteiger partial charge in [-0.3, -0.25) is 0 Å². The zero-order valence-electron chi connectivity index (χ0n) is 14.5. The summed E-state index contributed by atoms with van der Waals surface area (Å²) in [6.45, 7) is 0. The molecule has 2 nitrogen and oxygen atoms in total. The molecular formula is C22H14Cl2O2S2. The number of halogens is 2. The Kier molecular flexibility index (Phi) is 5.74. The van der Waals surface area contributed by atoms with Gasteiger partial charge in [0.1, 0.15) is 5.76 Å². The van der Waals surface area contributed by atoms with Crippen molar-refractivity contribution in [1.82, 2.24) is 0 Å². The van der Waals surface area contributed by atoms with Crippen LogP contribution < -0.4 is 0 Å². The minimum atomic E-state index is -0.986. The molecule has 1 aliphatic rings. The number of carbonyl (C=O) groups is 1. The SMILES string of the molecule is O=C1OC(c2ccccc2)=CC1(Sc1cccc(Cl)c1)Sc1cccc(Cl)c1. The summed E-state index contributed by atoms with van der Waals surface area (Å²) in [6, 6.07) is 24.5. The van der Waals surface area contributed by atoms with Crippen molar-refractivity contribution in [3.8, 4) is 0 Å². The quantitative estimate of drug-likeness (QED) is 0.307. The molecule has 28 heavy (non-hydrogen) atoms. The van der Waals surface area contributed by atoms with E-state index >= 15 is 0 Å². The summed E-state index contributed by atoms with van der Waals surface area (Å²) < 4.78 is 4.70. The summed E-state index contributed by atoms with van der Waals surface area (Å²) in [5.74, 6) is 0.218. The Balaban J connectivity index is 1.76. The Morgan fingerprint density at radius 2 is 1.32 bits per heavy atom. The van der Waals surface area contributed by atoms with Crippen LogP contribution in [0.4, 0.5) is 0 Å². The van der Waals surface area contributed by atoms with Gasteiger partial charge >= 0.3 is 5.97 Å². The highest BCUT2D eigenvalue weighted by Gasteiger charge is 2.47. The maximum atomic E-state index is 13.1. The summed E-state index contributed by atoms with van der Waals surface area (Å²) in [5.41, 5.74) is 0.858. The van der Waals surface area contributed by atoms with Crippen molar-refractivity contribution in [1.29, 1.82) is 0 Å². The van der Waals surface area contributed by atoms with Gasteiger partial charge in [-0.15, -0.1) is 0 Å². The van der Waals surface area contributed by atoms with Crippen molar-refractivity contribution in [2.75, 3.05) is 0 Å². The Morgan fingerprint density at radius 3 is 1.86 bits per heavy atom. The van der Waals surface area contributed by atoms with Crippen LogP contribution >= 0.6 is 46.7 Å². The third-order valence-electron chi connectivity index (χ3n) is 4.00. The number of benzene rings is 3. The molecule has 0 amide bonds. The number of rotatable bonds is 5. The molecule has 4 rings (SSSR count). The van der Waals surface area contributed by atoms with E-state index in [0.29, 0.717) is 15.8 Å². The standard InChI is InChI=1S/C22H14Cl2O2S2/c23-16-8-4-10-18(12-16)27-22(28-19-11-5-9-17(24)13-19)14-20(26-21(22)25)15-6-2-1-3-7-15/h1-14H. The summed E-state index contributed by atoms with van der Waals surface area (Å²) in [4.78, 5) is 14.8. The predicted octanol–water partition coefficient (Wildman–Crippen LogP) is 7.17. The van der Waals surface area contributed by atoms with E-state index in [2.05, 4.69) is 0 Å². The normalized spacial score (nSPS) is 15.2. The van der Waals surface area contributed by atoms with Gasteiger partial charge in [-0.25, -0.2) is 4.79 Å². The lowest BCUT2D eigenvalue weighted by atomic mass is 10.2. The minimum absolute atomic E-state index is 0.332. The van der Waals surface area contributed by atoms with Crippen LogP contribution in [0.3, 0.4) is 0 Å². The molecule has 1 heterocycles. The Morgan fingerprint density at radius 1 is 0.750 bits per heavy atom. The van der Waals surface area contributed by atoms with Crippen molar-refractivity contribution >= 4 is 58.5 Å². The van der Waals surface area contributed by atoms with Crippen LogP contribution in [-0.2, 0) is 9.53 Å². The van der Waals surface area contributed by atoms with Gasteiger partial charge in [-0.05, 0) is 42.5 Å². The molecule has 0 fully saturated rings. The molecule has 0 N–H and O–H groups in total. The fourth-order valence-corrected chi connectivity index (χ4v) is 5.95. The molecule has 0 aliphatic carbocycles. The molecule has 0 atom stereocenters. The van der Waals surface area contributed by atoms with E-state index in [-0.39, 0.29) is 5.97 Å². The largest absolute Gasteiger partial charge is 0.424 e. The van der Waals surface area contributed by atoms with Crippen LogP contribution in [0.5, 0.6) is 0 Å². The molecule has 0 bridgehead atoms. The number of thioether (sulfide) groups is 2. The minimum Gasteiger partial charge on any atom is -0.424 e. The first kappa shape index (κ1) is 19.5. The Hall–Kier alpha value is -1.85. The lowest BCUT2D eigenvalue weighted by Crippen LogP contribution is -2.25. The highest BCUT2D eigenvalue weighted by atomic mass is 35.5. The van der Waals surface area contributed by atoms with Crippen molar-refractivity contribution in [2.24, 2.45) is 0 Å². The summed E-state index contributed by atoms with van der Waals surface area (Å²) in [5, 5.41) is 1.23. The fourth-order valence-electron chi connectivity index (χ4n) is 2.75. The van der Waals surface area contributed by atoms with Crippen LogP contribution in [0.2, 0.25) is 10.0 Å². The first-order valence-corrected chi connectivity index (χ1v) is 10.8. The average Bonchev–Trinajstić information content (AvgIpc) is 2.98. The van der Waals surface area contributed by atoms with Crippen molar-refractivity contribution < 1.29 is 9.53 Å². The van der Waals surface area contributed by atoms with Crippen LogP contribution in [-0.4, -0.2) is 10.0 Å². The second kappa shape index (κ2) is 8.26. The van der Waals surface area contributed by atoms with Gasteiger partial charge in [0.15, 0.2) is 4.08 Å². The van der Waals surface area contributed by atoms with Crippen molar-refractivity contribution in [3.05, 3.63) is 101 Å². The van der Waals surface area contributed by atoms with E-state index in [1.54, 1.807) is 12.1 Å². The van der Waals surface area contributed by atoms with E-state index in [0.717, 1.165) is 15.4 Å². The van der Waals surface area contributed by atoms with Gasteiger partial charge in [0, 0.05) is 25.4 Å². The molecule has 6 heteroatoms. The monoisotopic (exact) mass is 444 g/mol. The predicted molar refractivity (Wildman–Crippen MR) is 118 cm³/mol. The highest BCUT2D eigenvalue weighted by molar-refractivity contribution is 8.19. The van der Waals surface area contributed by atoms with E-state index in [4.69, 9.17) is 27.9 Å². The summed E-state index contributed by atoms with van der Waals surface area (Å²) in [7, 11) is 0. The van der Waals surface area contributed by atoms with Gasteiger partial charge in [0.25, 0.3) is 0 Å². The van der Waals surface area contributed by atoms with Gasteiger partial charge in [-0.2, -0.15) is 0 Å². The molecule has 0 saturated heterocycles. The number of esters is 1. The van der Waals surface area contributed by atoms with Crippen LogP contribution in [0.15, 0.2) is 94.7 Å². The van der Waals surface area contributed by atoms with E-state index in [1.165, 1.54) is 23.5 Å². The Labute approximate surface area is 181 Å². The van der Waals surface area contributed by atoms with Gasteiger partial charge in [0.05, 0.1) is 0 Å². The Bertz CT molecular complexity index is 1000. The van der Waals surface area contributed by atoms with Gasteiger partial charge in [-0.1, -0.05) is 89.2 Å². The number of cyclic esters (lactones) is 1. The first-order chi connectivity index (χ1) is 13.5. The zero-order chi connectivity index (χ0) is 19.6. The summed E-state index contributed by atoms with van der Waals surface area (Å²) >= 11 is 15.1. The number of ether oxygens (including phenoxy) is 1. The smallest absolute Gasteiger partial charge is 0.342 e. The van der Waals surface area contributed by atoms with Crippen molar-refractivity contribution in [2.45, 2.75) is 13.9 Å². The van der Waals surface area contributed by atoms with Gasteiger partial charge < -0.3 is 4.74 Å². The van der Waals surface area contributed by atoms with E-state index in [1.807, 2.05) is 72.8 Å². The lowest BCUT2D eigenvalue weighted by Gasteiger charge is -2.22. The first-order valence-electron chi connectivity index (χ1n) is 8.44. The number of carbonyl (C=O) groups excluding carboxylic acids is 1. The lowest BCUT2D eigenvalue weighted by molar-refractivity contribution is -0.134. The molecule has 0 saturated carbocycles. The zero-order valence-corrected chi connectivity index (χ0v) is 17.6.